The molecule has 0 spiro atoms. The van der Waals surface area contributed by atoms with Crippen LogP contribution in [0.25, 0.3) is 5.57 Å². The van der Waals surface area contributed by atoms with E-state index in [0.29, 0.717) is 0 Å². The van der Waals surface area contributed by atoms with Crippen LogP contribution in [0.1, 0.15) is 39.2 Å². The molecule has 80 valence electrons. The van der Waals surface area contributed by atoms with E-state index in [-0.39, 0.29) is 5.60 Å². The Kier molecular flexibility index (Phi) is 2.56. The van der Waals surface area contributed by atoms with E-state index in [9.17, 15) is 0 Å². The van der Waals surface area contributed by atoms with E-state index >= 15 is 0 Å². The third-order valence-corrected chi connectivity index (χ3v) is 3.30. The molecule has 1 heterocycles. The third kappa shape index (κ3) is 1.67. The van der Waals surface area contributed by atoms with Crippen molar-refractivity contribution in [2.24, 2.45) is 0 Å². The van der Waals surface area contributed by atoms with E-state index < -0.39 is 0 Å². The molecule has 1 nitrogen and oxygen atoms in total. The molecule has 0 N–H and O–H groups in total. The van der Waals surface area contributed by atoms with Gasteiger partial charge in [0.05, 0.1) is 0 Å². The Hall–Kier alpha value is -1.24. The van der Waals surface area contributed by atoms with E-state index in [0.717, 1.165) is 18.6 Å². The first-order valence-corrected chi connectivity index (χ1v) is 5.68. The highest BCUT2D eigenvalue weighted by molar-refractivity contribution is 5.71. The minimum atomic E-state index is -0.0849. The average Bonchev–Trinajstić information content (AvgIpc) is 2.29. The largest absolute Gasteiger partial charge is 0.483 e. The van der Waals surface area contributed by atoms with Crippen LogP contribution in [0.4, 0.5) is 0 Å². The highest BCUT2D eigenvalue weighted by atomic mass is 16.5. The normalized spacial score (nSPS) is 17.7. The molecule has 0 bridgehead atoms. The zero-order chi connectivity index (χ0) is 10.9. The Bertz CT molecular complexity index is 386. The van der Waals surface area contributed by atoms with Gasteiger partial charge in [-0.05, 0) is 37.5 Å². The Morgan fingerprint density at radius 1 is 1.13 bits per heavy atom. The van der Waals surface area contributed by atoms with Crippen LogP contribution in [0.15, 0.2) is 30.3 Å². The summed E-state index contributed by atoms with van der Waals surface area (Å²) in [5, 5.41) is 0. The molecule has 0 fully saturated rings. The summed E-state index contributed by atoms with van der Waals surface area (Å²) < 4.78 is 6.11. The summed E-state index contributed by atoms with van der Waals surface area (Å²) in [5.74, 6) is 1.03. The van der Waals surface area contributed by atoms with Crippen LogP contribution in [-0.2, 0) is 0 Å². The summed E-state index contributed by atoms with van der Waals surface area (Å²) in [7, 11) is 0. The van der Waals surface area contributed by atoms with Gasteiger partial charge in [0.15, 0.2) is 0 Å². The van der Waals surface area contributed by atoms with Crippen molar-refractivity contribution >= 4 is 5.57 Å². The summed E-state index contributed by atoms with van der Waals surface area (Å²) in [5.41, 5.74) is 2.48. The number of allylic oxidation sites excluding steroid dienone is 1. The van der Waals surface area contributed by atoms with Gasteiger partial charge < -0.3 is 4.74 Å². The van der Waals surface area contributed by atoms with E-state index in [4.69, 9.17) is 4.74 Å². The minimum absolute atomic E-state index is 0.0849. The Morgan fingerprint density at radius 2 is 1.80 bits per heavy atom. The maximum atomic E-state index is 6.11. The number of ether oxygens (including phenoxy) is 1. The summed E-state index contributed by atoms with van der Waals surface area (Å²) in [6.45, 7) is 6.53. The van der Waals surface area contributed by atoms with Crippen LogP contribution in [0.2, 0.25) is 0 Å². The van der Waals surface area contributed by atoms with Crippen molar-refractivity contribution in [1.29, 1.82) is 0 Å². The second-order valence-corrected chi connectivity index (χ2v) is 4.20. The van der Waals surface area contributed by atoms with Gasteiger partial charge in [0.2, 0.25) is 0 Å². The molecule has 0 amide bonds. The number of hydrogen-bond acceptors (Lipinski definition) is 1. The molecular formula is C14H18O. The minimum Gasteiger partial charge on any atom is -0.483 e. The standard InChI is InChI=1S/C14H18O/c1-4-14(5-2)10-11(3)12-8-6-7-9-13(12)15-14/h6-10H,4-5H2,1-3H3. The fourth-order valence-corrected chi connectivity index (χ4v) is 2.20. The van der Waals surface area contributed by atoms with Crippen molar-refractivity contribution in [2.45, 2.75) is 39.2 Å². The molecule has 1 heteroatoms. The van der Waals surface area contributed by atoms with Crippen LogP contribution >= 0.6 is 0 Å². The zero-order valence-corrected chi connectivity index (χ0v) is 9.71. The number of hydrogen-bond donors (Lipinski definition) is 0. The first kappa shape index (κ1) is 10.3. The molecule has 0 radical (unpaired) electrons. The van der Waals surface area contributed by atoms with Crippen molar-refractivity contribution < 1.29 is 4.74 Å². The summed E-state index contributed by atoms with van der Waals surface area (Å²) >= 11 is 0. The maximum absolute atomic E-state index is 6.11. The van der Waals surface area contributed by atoms with Gasteiger partial charge in [0, 0.05) is 5.56 Å². The molecule has 0 unspecified atom stereocenters. The zero-order valence-electron chi connectivity index (χ0n) is 9.71. The van der Waals surface area contributed by atoms with E-state index in [2.05, 4.69) is 45.0 Å². The monoisotopic (exact) mass is 202 g/mol. The molecule has 1 aromatic carbocycles. The highest BCUT2D eigenvalue weighted by Crippen LogP contribution is 2.38. The molecule has 1 aromatic rings. The van der Waals surface area contributed by atoms with Gasteiger partial charge in [-0.15, -0.1) is 0 Å². The topological polar surface area (TPSA) is 9.23 Å². The Morgan fingerprint density at radius 3 is 2.47 bits per heavy atom. The van der Waals surface area contributed by atoms with Gasteiger partial charge in [0.25, 0.3) is 0 Å². The lowest BCUT2D eigenvalue weighted by Gasteiger charge is -2.35. The number of para-hydroxylation sites is 1. The smallest absolute Gasteiger partial charge is 0.128 e. The molecule has 0 aliphatic carbocycles. The van der Waals surface area contributed by atoms with E-state index in [1.165, 1.54) is 11.1 Å². The van der Waals surface area contributed by atoms with Crippen LogP contribution in [0.5, 0.6) is 5.75 Å². The molecule has 1 aliphatic rings. The lowest BCUT2D eigenvalue weighted by molar-refractivity contribution is 0.107. The van der Waals surface area contributed by atoms with Gasteiger partial charge >= 0.3 is 0 Å². The second-order valence-electron chi connectivity index (χ2n) is 4.20. The van der Waals surface area contributed by atoms with Crippen molar-refractivity contribution in [2.75, 3.05) is 0 Å². The van der Waals surface area contributed by atoms with Gasteiger partial charge in [-0.3, -0.25) is 0 Å². The first-order chi connectivity index (χ1) is 7.21. The van der Waals surface area contributed by atoms with Crippen molar-refractivity contribution in [1.82, 2.24) is 0 Å². The number of fused-ring (bicyclic) bond motifs is 1. The van der Waals surface area contributed by atoms with Gasteiger partial charge in [-0.1, -0.05) is 32.0 Å². The predicted molar refractivity (Wildman–Crippen MR) is 64.0 cm³/mol. The molecule has 2 rings (SSSR count). The van der Waals surface area contributed by atoms with E-state index in [1.54, 1.807) is 0 Å². The van der Waals surface area contributed by atoms with Crippen molar-refractivity contribution in [3.8, 4) is 5.75 Å². The lowest BCUT2D eigenvalue weighted by atomic mass is 9.89. The fraction of sp³-hybridized carbons (Fsp3) is 0.429. The molecule has 0 saturated carbocycles. The van der Waals surface area contributed by atoms with Crippen molar-refractivity contribution in [3.63, 3.8) is 0 Å². The summed E-state index contributed by atoms with van der Waals surface area (Å²) in [6, 6.07) is 8.28. The van der Waals surface area contributed by atoms with E-state index in [1.807, 2.05) is 6.07 Å². The molecular weight excluding hydrogens is 184 g/mol. The summed E-state index contributed by atoms with van der Waals surface area (Å²) in [6.07, 6.45) is 4.32. The van der Waals surface area contributed by atoms with Crippen LogP contribution in [-0.4, -0.2) is 5.60 Å². The fourth-order valence-electron chi connectivity index (χ4n) is 2.20. The Balaban J connectivity index is 2.48. The van der Waals surface area contributed by atoms with Crippen molar-refractivity contribution in [3.05, 3.63) is 35.9 Å². The SMILES string of the molecule is CCC1(CC)C=C(C)c2ccccc2O1. The lowest BCUT2D eigenvalue weighted by Crippen LogP contribution is -2.34. The molecule has 15 heavy (non-hydrogen) atoms. The molecule has 0 aromatic heterocycles. The van der Waals surface area contributed by atoms with Gasteiger partial charge in [-0.25, -0.2) is 0 Å². The first-order valence-electron chi connectivity index (χ1n) is 5.68. The van der Waals surface area contributed by atoms with Gasteiger partial charge in [0.1, 0.15) is 11.4 Å². The number of benzene rings is 1. The highest BCUT2D eigenvalue weighted by Gasteiger charge is 2.30. The quantitative estimate of drug-likeness (QED) is 0.703. The van der Waals surface area contributed by atoms with Gasteiger partial charge in [-0.2, -0.15) is 0 Å². The molecule has 0 saturated heterocycles. The maximum Gasteiger partial charge on any atom is 0.128 e. The van der Waals surface area contributed by atoms with Crippen LogP contribution in [0, 0.1) is 0 Å². The Labute approximate surface area is 91.8 Å². The van der Waals surface area contributed by atoms with Crippen LogP contribution < -0.4 is 4.74 Å². The average molecular weight is 202 g/mol. The molecule has 0 atom stereocenters. The number of rotatable bonds is 2. The summed E-state index contributed by atoms with van der Waals surface area (Å²) in [4.78, 5) is 0. The van der Waals surface area contributed by atoms with Crippen LogP contribution in [0.3, 0.4) is 0 Å². The second kappa shape index (κ2) is 3.73. The third-order valence-electron chi connectivity index (χ3n) is 3.30. The predicted octanol–water partition coefficient (Wildman–Crippen LogP) is 4.04. The molecule has 1 aliphatic heterocycles.